The summed E-state index contributed by atoms with van der Waals surface area (Å²) in [5.74, 6) is 1.33. The highest BCUT2D eigenvalue weighted by molar-refractivity contribution is 5.77. The first-order valence-corrected chi connectivity index (χ1v) is 9.25. The van der Waals surface area contributed by atoms with E-state index < -0.39 is 0 Å². The Labute approximate surface area is 145 Å². The lowest BCUT2D eigenvalue weighted by Crippen LogP contribution is -2.47. The Balaban J connectivity index is 1.43. The molecule has 2 aliphatic heterocycles. The van der Waals surface area contributed by atoms with Gasteiger partial charge in [0.1, 0.15) is 5.75 Å². The Kier molecular flexibility index (Phi) is 5.96. The number of anilines is 1. The quantitative estimate of drug-likeness (QED) is 0.768. The van der Waals surface area contributed by atoms with E-state index in [1.165, 1.54) is 5.69 Å². The Morgan fingerprint density at radius 2 is 1.83 bits per heavy atom. The standard InChI is InChI=1S/C19H29N3O2/c1-2-24-18-8-4-3-7-17(18)21-15-13-20(14-16-21)10-6-12-22-11-5-9-19(22)23/h3-4,7-8H,2,5-6,9-16H2,1H3. The fourth-order valence-corrected chi connectivity index (χ4v) is 3.63. The Morgan fingerprint density at radius 1 is 1.04 bits per heavy atom. The average Bonchev–Trinajstić information content (AvgIpc) is 3.02. The minimum absolute atomic E-state index is 0.340. The summed E-state index contributed by atoms with van der Waals surface area (Å²) < 4.78 is 5.76. The minimum Gasteiger partial charge on any atom is -0.492 e. The van der Waals surface area contributed by atoms with Gasteiger partial charge in [-0.05, 0) is 38.4 Å². The van der Waals surface area contributed by atoms with Crippen molar-refractivity contribution in [3.8, 4) is 5.75 Å². The molecule has 2 heterocycles. The zero-order valence-corrected chi connectivity index (χ0v) is 14.7. The molecule has 132 valence electrons. The number of nitrogens with zero attached hydrogens (tertiary/aromatic N) is 3. The van der Waals surface area contributed by atoms with Crippen LogP contribution in [0.1, 0.15) is 26.2 Å². The van der Waals surface area contributed by atoms with Crippen molar-refractivity contribution in [1.29, 1.82) is 0 Å². The molecule has 2 aliphatic rings. The van der Waals surface area contributed by atoms with Crippen LogP contribution < -0.4 is 9.64 Å². The summed E-state index contributed by atoms with van der Waals surface area (Å²) in [6.45, 7) is 9.92. The summed E-state index contributed by atoms with van der Waals surface area (Å²) in [5.41, 5.74) is 1.21. The molecule has 0 spiro atoms. The summed E-state index contributed by atoms with van der Waals surface area (Å²) >= 11 is 0. The van der Waals surface area contributed by atoms with Gasteiger partial charge in [0.15, 0.2) is 0 Å². The Morgan fingerprint density at radius 3 is 2.54 bits per heavy atom. The van der Waals surface area contributed by atoms with Crippen LogP contribution in [0.25, 0.3) is 0 Å². The number of carbonyl (C=O) groups is 1. The molecule has 1 aromatic carbocycles. The molecule has 3 rings (SSSR count). The molecule has 0 N–H and O–H groups in total. The van der Waals surface area contributed by atoms with E-state index >= 15 is 0 Å². The summed E-state index contributed by atoms with van der Waals surface area (Å²) in [4.78, 5) is 18.6. The van der Waals surface area contributed by atoms with Gasteiger partial charge in [0.05, 0.1) is 12.3 Å². The molecular weight excluding hydrogens is 302 g/mol. The number of benzene rings is 1. The summed E-state index contributed by atoms with van der Waals surface area (Å²) in [6.07, 6.45) is 2.87. The Bertz CT molecular complexity index is 541. The largest absolute Gasteiger partial charge is 0.492 e. The number of rotatable bonds is 7. The van der Waals surface area contributed by atoms with Crippen LogP contribution in [0.3, 0.4) is 0 Å². The van der Waals surface area contributed by atoms with E-state index in [0.717, 1.165) is 70.8 Å². The topological polar surface area (TPSA) is 36.0 Å². The van der Waals surface area contributed by atoms with Crippen molar-refractivity contribution < 1.29 is 9.53 Å². The van der Waals surface area contributed by atoms with E-state index in [9.17, 15) is 4.79 Å². The van der Waals surface area contributed by atoms with E-state index in [1.807, 2.05) is 17.9 Å². The van der Waals surface area contributed by atoms with Crippen LogP contribution in [-0.4, -0.2) is 68.1 Å². The first-order valence-electron chi connectivity index (χ1n) is 9.25. The molecule has 5 nitrogen and oxygen atoms in total. The molecule has 5 heteroatoms. The number of hydrogen-bond donors (Lipinski definition) is 0. The first kappa shape index (κ1) is 17.1. The summed E-state index contributed by atoms with van der Waals surface area (Å²) in [5, 5.41) is 0. The van der Waals surface area contributed by atoms with E-state index in [2.05, 4.69) is 28.0 Å². The zero-order chi connectivity index (χ0) is 16.8. The van der Waals surface area contributed by atoms with Crippen molar-refractivity contribution in [2.24, 2.45) is 0 Å². The van der Waals surface area contributed by atoms with Crippen molar-refractivity contribution in [3.05, 3.63) is 24.3 Å². The van der Waals surface area contributed by atoms with Gasteiger partial charge in [-0.25, -0.2) is 0 Å². The van der Waals surface area contributed by atoms with E-state index in [-0.39, 0.29) is 0 Å². The van der Waals surface area contributed by atoms with Gasteiger partial charge in [-0.3, -0.25) is 9.69 Å². The monoisotopic (exact) mass is 331 g/mol. The van der Waals surface area contributed by atoms with Crippen molar-refractivity contribution in [2.75, 3.05) is 57.3 Å². The summed E-state index contributed by atoms with van der Waals surface area (Å²) in [6, 6.07) is 8.32. The van der Waals surface area contributed by atoms with Crippen molar-refractivity contribution >= 4 is 11.6 Å². The van der Waals surface area contributed by atoms with Crippen LogP contribution in [0.4, 0.5) is 5.69 Å². The highest BCUT2D eigenvalue weighted by Crippen LogP contribution is 2.28. The maximum atomic E-state index is 11.6. The van der Waals surface area contributed by atoms with Gasteiger partial charge in [0, 0.05) is 45.7 Å². The zero-order valence-electron chi connectivity index (χ0n) is 14.7. The predicted octanol–water partition coefficient (Wildman–Crippen LogP) is 2.22. The van der Waals surface area contributed by atoms with Gasteiger partial charge in [-0.1, -0.05) is 12.1 Å². The molecule has 0 atom stereocenters. The second kappa shape index (κ2) is 8.38. The van der Waals surface area contributed by atoms with Gasteiger partial charge in [-0.2, -0.15) is 0 Å². The fourth-order valence-electron chi connectivity index (χ4n) is 3.63. The van der Waals surface area contributed by atoms with Crippen LogP contribution in [0.5, 0.6) is 5.75 Å². The molecule has 1 aromatic rings. The number of ether oxygens (including phenoxy) is 1. The van der Waals surface area contributed by atoms with E-state index in [1.54, 1.807) is 0 Å². The second-order valence-electron chi connectivity index (χ2n) is 6.57. The molecule has 24 heavy (non-hydrogen) atoms. The number of likely N-dealkylation sites (tertiary alicyclic amines) is 1. The molecule has 0 aromatic heterocycles. The Hall–Kier alpha value is -1.75. The molecule has 0 radical (unpaired) electrons. The van der Waals surface area contributed by atoms with Gasteiger partial charge >= 0.3 is 0 Å². The highest BCUT2D eigenvalue weighted by Gasteiger charge is 2.21. The number of amides is 1. The molecular formula is C19H29N3O2. The maximum Gasteiger partial charge on any atom is 0.222 e. The number of para-hydroxylation sites is 2. The number of carbonyl (C=O) groups excluding carboxylic acids is 1. The van der Waals surface area contributed by atoms with E-state index in [4.69, 9.17) is 4.74 Å². The fraction of sp³-hybridized carbons (Fsp3) is 0.632. The van der Waals surface area contributed by atoms with Crippen molar-refractivity contribution in [2.45, 2.75) is 26.2 Å². The summed E-state index contributed by atoms with van der Waals surface area (Å²) in [7, 11) is 0. The lowest BCUT2D eigenvalue weighted by Gasteiger charge is -2.36. The third-order valence-electron chi connectivity index (χ3n) is 4.95. The first-order chi connectivity index (χ1) is 11.8. The molecule has 1 amide bonds. The van der Waals surface area contributed by atoms with Gasteiger partial charge in [0.25, 0.3) is 0 Å². The van der Waals surface area contributed by atoms with Crippen LogP contribution in [0.2, 0.25) is 0 Å². The lowest BCUT2D eigenvalue weighted by atomic mass is 10.2. The predicted molar refractivity (Wildman–Crippen MR) is 96.7 cm³/mol. The highest BCUT2D eigenvalue weighted by atomic mass is 16.5. The normalized spacial score (nSPS) is 19.1. The van der Waals surface area contributed by atoms with Gasteiger partial charge < -0.3 is 14.5 Å². The van der Waals surface area contributed by atoms with Crippen LogP contribution in [0, 0.1) is 0 Å². The minimum atomic E-state index is 0.340. The SMILES string of the molecule is CCOc1ccccc1N1CCN(CCCN2CCCC2=O)CC1. The number of piperazine rings is 1. The van der Waals surface area contributed by atoms with Gasteiger partial charge in [0.2, 0.25) is 5.91 Å². The average molecular weight is 331 g/mol. The molecule has 0 aliphatic carbocycles. The third-order valence-corrected chi connectivity index (χ3v) is 4.95. The molecule has 2 fully saturated rings. The molecule has 0 saturated carbocycles. The molecule has 0 bridgehead atoms. The smallest absolute Gasteiger partial charge is 0.222 e. The van der Waals surface area contributed by atoms with Crippen molar-refractivity contribution in [3.63, 3.8) is 0 Å². The van der Waals surface area contributed by atoms with Crippen LogP contribution in [0.15, 0.2) is 24.3 Å². The van der Waals surface area contributed by atoms with Crippen molar-refractivity contribution in [1.82, 2.24) is 9.80 Å². The van der Waals surface area contributed by atoms with Gasteiger partial charge in [-0.15, -0.1) is 0 Å². The molecule has 2 saturated heterocycles. The van der Waals surface area contributed by atoms with E-state index in [0.29, 0.717) is 12.5 Å². The van der Waals surface area contributed by atoms with Crippen LogP contribution in [-0.2, 0) is 4.79 Å². The lowest BCUT2D eigenvalue weighted by molar-refractivity contribution is -0.127. The maximum absolute atomic E-state index is 11.6. The molecule has 0 unspecified atom stereocenters. The number of hydrogen-bond acceptors (Lipinski definition) is 4. The van der Waals surface area contributed by atoms with Crippen LogP contribution >= 0.6 is 0 Å². The second-order valence-corrected chi connectivity index (χ2v) is 6.57. The third kappa shape index (κ3) is 4.20.